The van der Waals surface area contributed by atoms with E-state index in [1.54, 1.807) is 0 Å². The monoisotopic (exact) mass is 338 g/mol. The molecule has 20 heavy (non-hydrogen) atoms. The summed E-state index contributed by atoms with van der Waals surface area (Å²) in [4.78, 5) is 14.8. The molecule has 1 aliphatic carbocycles. The van der Waals surface area contributed by atoms with Crippen molar-refractivity contribution in [1.82, 2.24) is 10.2 Å². The number of halogens is 1. The number of hydrogen-bond acceptors (Lipinski definition) is 2. The molecule has 0 atom stereocenters. The zero-order valence-corrected chi connectivity index (χ0v) is 13.9. The second-order valence-electron chi connectivity index (χ2n) is 5.63. The molecule has 0 aromatic heterocycles. The van der Waals surface area contributed by atoms with E-state index >= 15 is 0 Å². The van der Waals surface area contributed by atoms with Gasteiger partial charge in [-0.05, 0) is 37.6 Å². The summed E-state index contributed by atoms with van der Waals surface area (Å²) >= 11 is 3.47. The van der Waals surface area contributed by atoms with Crippen LogP contribution in [0.1, 0.15) is 31.2 Å². The van der Waals surface area contributed by atoms with E-state index in [1.807, 2.05) is 31.1 Å². The highest BCUT2D eigenvalue weighted by Crippen LogP contribution is 2.42. The fourth-order valence-electron chi connectivity index (χ4n) is 3.12. The summed E-state index contributed by atoms with van der Waals surface area (Å²) in [7, 11) is 3.83. The maximum absolute atomic E-state index is 12.9. The number of benzene rings is 1. The van der Waals surface area contributed by atoms with Crippen LogP contribution in [0, 0.1) is 0 Å². The Morgan fingerprint density at radius 2 is 1.90 bits per heavy atom. The van der Waals surface area contributed by atoms with E-state index in [1.165, 1.54) is 5.56 Å². The lowest BCUT2D eigenvalue weighted by Crippen LogP contribution is -2.45. The Hall–Kier alpha value is -0.870. The Kier molecular flexibility index (Phi) is 5.22. The van der Waals surface area contributed by atoms with Crippen molar-refractivity contribution in [2.75, 3.05) is 27.2 Å². The van der Waals surface area contributed by atoms with Gasteiger partial charge in [0.25, 0.3) is 0 Å². The predicted octanol–water partition coefficient (Wildman–Crippen LogP) is 2.94. The highest BCUT2D eigenvalue weighted by molar-refractivity contribution is 9.10. The maximum Gasteiger partial charge on any atom is 0.233 e. The molecule has 1 aromatic carbocycles. The number of rotatable bonds is 5. The first-order chi connectivity index (χ1) is 9.60. The molecule has 1 fully saturated rings. The van der Waals surface area contributed by atoms with Crippen LogP contribution in [-0.2, 0) is 10.2 Å². The molecular formula is C16H23BrN2O. The van der Waals surface area contributed by atoms with Crippen molar-refractivity contribution in [1.29, 1.82) is 0 Å². The van der Waals surface area contributed by atoms with Crippen LogP contribution >= 0.6 is 15.9 Å². The first-order valence-electron chi connectivity index (χ1n) is 7.26. The van der Waals surface area contributed by atoms with Crippen molar-refractivity contribution < 1.29 is 4.79 Å². The first-order valence-corrected chi connectivity index (χ1v) is 8.06. The number of amides is 1. The standard InChI is InChI=1S/C16H23BrN2O/c1-18-11-12-19(2)15(20)16(9-3-4-10-16)13-5-7-14(17)8-6-13/h5-8,18H,3-4,9-12H2,1-2H3. The van der Waals surface area contributed by atoms with Crippen LogP contribution < -0.4 is 5.32 Å². The third-order valence-electron chi connectivity index (χ3n) is 4.31. The van der Waals surface area contributed by atoms with E-state index in [0.29, 0.717) is 0 Å². The third-order valence-corrected chi connectivity index (χ3v) is 4.84. The van der Waals surface area contributed by atoms with Crippen molar-refractivity contribution in [3.8, 4) is 0 Å². The molecule has 2 rings (SSSR count). The van der Waals surface area contributed by atoms with E-state index in [0.717, 1.165) is 43.2 Å². The molecule has 0 bridgehead atoms. The largest absolute Gasteiger partial charge is 0.344 e. The first kappa shape index (κ1) is 15.5. The molecule has 0 radical (unpaired) electrons. The van der Waals surface area contributed by atoms with Crippen molar-refractivity contribution in [2.24, 2.45) is 0 Å². The zero-order valence-electron chi connectivity index (χ0n) is 12.3. The molecule has 1 aliphatic rings. The maximum atomic E-state index is 12.9. The van der Waals surface area contributed by atoms with E-state index in [9.17, 15) is 4.79 Å². The Morgan fingerprint density at radius 1 is 1.30 bits per heavy atom. The van der Waals surface area contributed by atoms with E-state index in [-0.39, 0.29) is 11.3 Å². The summed E-state index contributed by atoms with van der Waals surface area (Å²) in [6, 6.07) is 8.27. The summed E-state index contributed by atoms with van der Waals surface area (Å²) < 4.78 is 1.06. The Labute approximate surface area is 129 Å². The van der Waals surface area contributed by atoms with Crippen molar-refractivity contribution in [2.45, 2.75) is 31.1 Å². The van der Waals surface area contributed by atoms with Crippen molar-refractivity contribution >= 4 is 21.8 Å². The van der Waals surface area contributed by atoms with E-state index in [2.05, 4.69) is 33.4 Å². The number of carbonyl (C=O) groups is 1. The van der Waals surface area contributed by atoms with Crippen LogP contribution in [0.15, 0.2) is 28.7 Å². The molecule has 110 valence electrons. The number of hydrogen-bond donors (Lipinski definition) is 1. The lowest BCUT2D eigenvalue weighted by atomic mass is 9.77. The van der Waals surface area contributed by atoms with Gasteiger partial charge in [0, 0.05) is 24.6 Å². The lowest BCUT2D eigenvalue weighted by Gasteiger charge is -2.33. The fourth-order valence-corrected chi connectivity index (χ4v) is 3.38. The number of nitrogens with one attached hydrogen (secondary N) is 1. The summed E-state index contributed by atoms with van der Waals surface area (Å²) in [5, 5.41) is 3.10. The van der Waals surface area contributed by atoms with Crippen LogP contribution in [0.3, 0.4) is 0 Å². The zero-order chi connectivity index (χ0) is 14.6. The van der Waals surface area contributed by atoms with Crippen LogP contribution in [-0.4, -0.2) is 38.0 Å². The molecule has 0 aliphatic heterocycles. The van der Waals surface area contributed by atoms with E-state index < -0.39 is 0 Å². The fraction of sp³-hybridized carbons (Fsp3) is 0.562. The second-order valence-corrected chi connectivity index (χ2v) is 6.54. The van der Waals surface area contributed by atoms with Gasteiger partial charge < -0.3 is 10.2 Å². The normalized spacial score (nSPS) is 17.1. The van der Waals surface area contributed by atoms with Crippen molar-refractivity contribution in [3.05, 3.63) is 34.3 Å². The molecule has 1 aromatic rings. The number of nitrogens with zero attached hydrogens (tertiary/aromatic N) is 1. The van der Waals surface area contributed by atoms with Crippen LogP contribution in [0.25, 0.3) is 0 Å². The summed E-state index contributed by atoms with van der Waals surface area (Å²) in [6.45, 7) is 1.59. The average Bonchev–Trinajstić information content (AvgIpc) is 2.95. The minimum Gasteiger partial charge on any atom is -0.344 e. The van der Waals surface area contributed by atoms with Crippen molar-refractivity contribution in [3.63, 3.8) is 0 Å². The summed E-state index contributed by atoms with van der Waals surface area (Å²) in [5.41, 5.74) is 0.864. The molecular weight excluding hydrogens is 316 g/mol. The molecule has 4 heteroatoms. The number of carbonyl (C=O) groups excluding carboxylic acids is 1. The summed E-state index contributed by atoms with van der Waals surface area (Å²) in [5.74, 6) is 0.271. The highest BCUT2D eigenvalue weighted by Gasteiger charge is 2.43. The number of likely N-dealkylation sites (N-methyl/N-ethyl adjacent to an activating group) is 2. The van der Waals surface area contributed by atoms with Crippen LogP contribution in [0.5, 0.6) is 0 Å². The quantitative estimate of drug-likeness (QED) is 0.895. The molecule has 0 spiro atoms. The molecule has 1 N–H and O–H groups in total. The minimum absolute atomic E-state index is 0.271. The SMILES string of the molecule is CNCCN(C)C(=O)C1(c2ccc(Br)cc2)CCCC1. The molecule has 3 nitrogen and oxygen atoms in total. The van der Waals surface area contributed by atoms with Gasteiger partial charge in [0.1, 0.15) is 0 Å². The smallest absolute Gasteiger partial charge is 0.233 e. The molecule has 1 saturated carbocycles. The Bertz CT molecular complexity index is 452. The van der Waals surface area contributed by atoms with Gasteiger partial charge in [0.2, 0.25) is 5.91 Å². The Morgan fingerprint density at radius 3 is 2.45 bits per heavy atom. The molecule has 1 amide bonds. The third kappa shape index (κ3) is 3.07. The molecule has 0 heterocycles. The van der Waals surface area contributed by atoms with Gasteiger partial charge in [-0.2, -0.15) is 0 Å². The lowest BCUT2D eigenvalue weighted by molar-refractivity contribution is -0.136. The summed E-state index contributed by atoms with van der Waals surface area (Å²) in [6.07, 6.45) is 4.22. The van der Waals surface area contributed by atoms with Gasteiger partial charge in [-0.25, -0.2) is 0 Å². The predicted molar refractivity (Wildman–Crippen MR) is 85.9 cm³/mol. The van der Waals surface area contributed by atoms with Gasteiger partial charge in [0.05, 0.1) is 5.41 Å². The van der Waals surface area contributed by atoms with Gasteiger partial charge >= 0.3 is 0 Å². The topological polar surface area (TPSA) is 32.3 Å². The molecule has 0 unspecified atom stereocenters. The average molecular weight is 339 g/mol. The van der Waals surface area contributed by atoms with Gasteiger partial charge in [-0.3, -0.25) is 4.79 Å². The molecule has 0 saturated heterocycles. The minimum atomic E-state index is -0.302. The van der Waals surface area contributed by atoms with Crippen LogP contribution in [0.4, 0.5) is 0 Å². The van der Waals surface area contributed by atoms with Gasteiger partial charge in [0.15, 0.2) is 0 Å². The van der Waals surface area contributed by atoms with Crippen LogP contribution in [0.2, 0.25) is 0 Å². The highest BCUT2D eigenvalue weighted by atomic mass is 79.9. The van der Waals surface area contributed by atoms with Gasteiger partial charge in [-0.15, -0.1) is 0 Å². The van der Waals surface area contributed by atoms with E-state index in [4.69, 9.17) is 0 Å². The Balaban J connectivity index is 2.25. The second kappa shape index (κ2) is 6.72. The van der Waals surface area contributed by atoms with Gasteiger partial charge in [-0.1, -0.05) is 40.9 Å².